The summed E-state index contributed by atoms with van der Waals surface area (Å²) < 4.78 is 56.7. The number of aliphatic imine (C=N–C) groups is 1. The minimum Gasteiger partial charge on any atom is -0.475 e. The van der Waals surface area contributed by atoms with Gasteiger partial charge in [0, 0.05) is 32.1 Å². The summed E-state index contributed by atoms with van der Waals surface area (Å²) in [5.74, 6) is -2.09. The summed E-state index contributed by atoms with van der Waals surface area (Å²) in [5, 5.41) is 13.4. The minimum absolute atomic E-state index is 0.000496. The summed E-state index contributed by atoms with van der Waals surface area (Å²) >= 11 is 11.9. The molecule has 3 rings (SSSR count). The summed E-state index contributed by atoms with van der Waals surface area (Å²) in [6, 6.07) is 10.8. The fourth-order valence-corrected chi connectivity index (χ4v) is 5.22. The van der Waals surface area contributed by atoms with Crippen LogP contribution in [0.5, 0.6) is 0 Å². The number of nitrogens with zero attached hydrogens (tertiary/aromatic N) is 2. The van der Waals surface area contributed by atoms with Crippen LogP contribution in [0.15, 0.2) is 46.3 Å². The van der Waals surface area contributed by atoms with Gasteiger partial charge in [0.2, 0.25) is 5.91 Å². The third-order valence-electron chi connectivity index (χ3n) is 5.75. The van der Waals surface area contributed by atoms with Gasteiger partial charge in [0.25, 0.3) is 0 Å². The van der Waals surface area contributed by atoms with E-state index in [0.29, 0.717) is 25.9 Å². The van der Waals surface area contributed by atoms with Crippen LogP contribution >= 0.6 is 23.2 Å². The number of nitrogens with one attached hydrogen (secondary N) is 2. The number of carbonyl (C=O) groups is 2. The van der Waals surface area contributed by atoms with Gasteiger partial charge in [-0.2, -0.15) is 13.2 Å². The molecular weight excluding hydrogens is 610 g/mol. The molecule has 0 unspecified atom stereocenters. The van der Waals surface area contributed by atoms with E-state index in [1.165, 1.54) is 12.1 Å². The predicted molar refractivity (Wildman–Crippen MR) is 151 cm³/mol. The Balaban J connectivity index is 0.000000745. The van der Waals surface area contributed by atoms with E-state index in [2.05, 4.69) is 27.8 Å². The molecule has 0 bridgehead atoms. The van der Waals surface area contributed by atoms with Gasteiger partial charge >= 0.3 is 12.1 Å². The summed E-state index contributed by atoms with van der Waals surface area (Å²) in [7, 11) is -1.85. The molecule has 10 nitrogen and oxygen atoms in total. The fraction of sp³-hybridized carbons (Fsp3) is 0.400. The average Bonchev–Trinajstić information content (AvgIpc) is 3.45. The van der Waals surface area contributed by atoms with Crippen LogP contribution in [0, 0.1) is 0 Å². The maximum Gasteiger partial charge on any atom is 0.490 e. The second kappa shape index (κ2) is 15.2. The van der Waals surface area contributed by atoms with Crippen LogP contribution in [-0.2, 0) is 25.8 Å². The molecule has 1 amide bonds. The molecule has 0 aromatic heterocycles. The lowest BCUT2D eigenvalue weighted by Crippen LogP contribution is -2.30. The summed E-state index contributed by atoms with van der Waals surface area (Å²) in [6.07, 6.45) is -3.48. The molecule has 0 saturated carbocycles. The molecule has 0 radical (unpaired) electrons. The van der Waals surface area contributed by atoms with Gasteiger partial charge in [-0.15, -0.1) is 0 Å². The number of carboxylic acids is 1. The van der Waals surface area contributed by atoms with Crippen LogP contribution in [0.3, 0.4) is 0 Å². The number of amidine groups is 1. The van der Waals surface area contributed by atoms with E-state index >= 15 is 0 Å². The van der Waals surface area contributed by atoms with E-state index in [-0.39, 0.29) is 32.4 Å². The number of anilines is 1. The highest BCUT2D eigenvalue weighted by Crippen LogP contribution is 2.30. The maximum absolute atomic E-state index is 12.5. The van der Waals surface area contributed by atoms with E-state index in [9.17, 15) is 26.4 Å². The van der Waals surface area contributed by atoms with E-state index in [4.69, 9.17) is 38.8 Å². The number of hydrogen-bond acceptors (Lipinski definition) is 8. The molecule has 0 saturated heterocycles. The molecule has 226 valence electrons. The smallest absolute Gasteiger partial charge is 0.475 e. The lowest BCUT2D eigenvalue weighted by atomic mass is 10.1. The summed E-state index contributed by atoms with van der Waals surface area (Å²) in [4.78, 5) is 27.4. The molecule has 2 aromatic carbocycles. The molecule has 1 heterocycles. The molecule has 0 atom stereocenters. The van der Waals surface area contributed by atoms with Crippen LogP contribution in [0.4, 0.5) is 18.9 Å². The quantitative estimate of drug-likeness (QED) is 0.216. The lowest BCUT2D eigenvalue weighted by molar-refractivity contribution is -0.192. The lowest BCUT2D eigenvalue weighted by Gasteiger charge is -2.17. The Bertz CT molecular complexity index is 1330. The van der Waals surface area contributed by atoms with Crippen LogP contribution in [0.25, 0.3) is 0 Å². The van der Waals surface area contributed by atoms with E-state index in [1.54, 1.807) is 11.9 Å². The first-order chi connectivity index (χ1) is 19.1. The van der Waals surface area contributed by atoms with Gasteiger partial charge in [0.1, 0.15) is 11.7 Å². The van der Waals surface area contributed by atoms with Crippen molar-refractivity contribution in [3.8, 4) is 0 Å². The zero-order valence-electron chi connectivity index (χ0n) is 22.0. The number of hydrogen-bond donors (Lipinski definition) is 4. The van der Waals surface area contributed by atoms with Crippen molar-refractivity contribution in [2.45, 2.75) is 30.3 Å². The molecule has 16 heteroatoms. The van der Waals surface area contributed by atoms with Gasteiger partial charge in [-0.3, -0.25) is 9.79 Å². The van der Waals surface area contributed by atoms with Crippen molar-refractivity contribution in [3.05, 3.63) is 57.6 Å². The molecule has 0 spiro atoms. The largest absolute Gasteiger partial charge is 0.490 e. The number of nitrogens with two attached hydrogens (primary N) is 1. The van der Waals surface area contributed by atoms with Crippen LogP contribution < -0.4 is 16.4 Å². The molecule has 1 aliphatic heterocycles. The van der Waals surface area contributed by atoms with Gasteiger partial charge in [-0.25, -0.2) is 13.2 Å². The van der Waals surface area contributed by atoms with E-state index in [1.807, 2.05) is 12.1 Å². The number of carboxylic acid groups (broad SMARTS) is 1. The number of halogens is 5. The van der Waals surface area contributed by atoms with Gasteiger partial charge < -0.3 is 26.4 Å². The van der Waals surface area contributed by atoms with Crippen molar-refractivity contribution in [2.75, 3.05) is 44.8 Å². The maximum atomic E-state index is 12.5. The SMILES string of the molecule is CN(CCc1ccc(C2=NCCN2)cc1)C(=O)CCCNCS(=O)(=O)c1cc(Cl)c(N)c(Cl)c1.O=C(O)C(F)(F)F. The fourth-order valence-electron chi connectivity index (χ4n) is 3.43. The predicted octanol–water partition coefficient (Wildman–Crippen LogP) is 3.36. The molecule has 0 aliphatic carbocycles. The topological polar surface area (TPSA) is 154 Å². The number of likely N-dealkylation sites (N-methyl/N-ethyl adjacent to an activating group) is 1. The zero-order valence-corrected chi connectivity index (χ0v) is 24.3. The highest BCUT2D eigenvalue weighted by atomic mass is 35.5. The van der Waals surface area contributed by atoms with Crippen molar-refractivity contribution in [1.29, 1.82) is 0 Å². The van der Waals surface area contributed by atoms with Crippen molar-refractivity contribution < 1.29 is 36.3 Å². The van der Waals surface area contributed by atoms with Crippen molar-refractivity contribution >= 4 is 56.4 Å². The first-order valence-electron chi connectivity index (χ1n) is 12.2. The number of nitrogen functional groups attached to an aromatic ring is 1. The van der Waals surface area contributed by atoms with Gasteiger partial charge in [-0.1, -0.05) is 47.5 Å². The van der Waals surface area contributed by atoms with Crippen LogP contribution in [0.1, 0.15) is 24.0 Å². The number of sulfone groups is 1. The van der Waals surface area contributed by atoms with Crippen molar-refractivity contribution in [3.63, 3.8) is 0 Å². The standard InChI is InChI=1S/C23H29Cl2N5O3S.C2HF3O2/c1-30(12-8-16-4-6-17(7-5-16)23-28-10-11-29-23)21(31)3-2-9-27-15-34(32,33)18-13-19(24)22(26)20(25)14-18;3-2(4,5)1(6)7/h4-7,13-14,27H,2-3,8-12,15,26H2,1H3,(H,28,29);(H,6,7). The first-order valence-corrected chi connectivity index (χ1v) is 14.6. The Morgan fingerprint density at radius 3 is 2.27 bits per heavy atom. The van der Waals surface area contributed by atoms with Crippen molar-refractivity contribution in [1.82, 2.24) is 15.5 Å². The van der Waals surface area contributed by atoms with E-state index in [0.717, 1.165) is 36.5 Å². The first kappa shape index (κ1) is 34.1. The third-order valence-corrected chi connectivity index (χ3v) is 7.92. The number of benzene rings is 2. The Hall–Kier alpha value is -3.07. The van der Waals surface area contributed by atoms with Gasteiger partial charge in [0.15, 0.2) is 9.84 Å². The molecule has 1 aliphatic rings. The minimum atomic E-state index is -5.08. The second-order valence-electron chi connectivity index (χ2n) is 8.89. The molecule has 0 fully saturated rings. The van der Waals surface area contributed by atoms with E-state index < -0.39 is 22.0 Å². The number of rotatable bonds is 11. The number of amides is 1. The van der Waals surface area contributed by atoms with Gasteiger partial charge in [-0.05, 0) is 37.1 Å². The number of carbonyl (C=O) groups excluding carboxylic acids is 1. The average molecular weight is 641 g/mol. The molecule has 2 aromatic rings. The Kier molecular flexibility index (Phi) is 12.7. The number of alkyl halides is 3. The van der Waals surface area contributed by atoms with Crippen molar-refractivity contribution in [2.24, 2.45) is 4.99 Å². The summed E-state index contributed by atoms with van der Waals surface area (Å²) in [6.45, 7) is 2.68. The van der Waals surface area contributed by atoms with Crippen LogP contribution in [-0.4, -0.2) is 81.4 Å². The Morgan fingerprint density at radius 1 is 1.17 bits per heavy atom. The summed E-state index contributed by atoms with van der Waals surface area (Å²) in [5.41, 5.74) is 8.02. The monoisotopic (exact) mass is 639 g/mol. The zero-order chi connectivity index (χ0) is 30.8. The molecule has 5 N–H and O–H groups in total. The highest BCUT2D eigenvalue weighted by molar-refractivity contribution is 7.91. The molecule has 41 heavy (non-hydrogen) atoms. The van der Waals surface area contributed by atoms with Crippen LogP contribution in [0.2, 0.25) is 10.0 Å². The molecular formula is C25H30Cl2F3N5O5S. The second-order valence-corrected chi connectivity index (χ2v) is 11.7. The Labute approximate surface area is 245 Å². The highest BCUT2D eigenvalue weighted by Gasteiger charge is 2.38. The Morgan fingerprint density at radius 2 is 1.76 bits per heavy atom. The number of aliphatic carboxylic acids is 1. The third kappa shape index (κ3) is 11.0. The van der Waals surface area contributed by atoms with Gasteiger partial charge in [0.05, 0.1) is 27.2 Å². The normalized spacial score (nSPS) is 13.1.